The highest BCUT2D eigenvalue weighted by atomic mass is 32.2. The van der Waals surface area contributed by atoms with Crippen LogP contribution in [0.15, 0.2) is 18.2 Å². The van der Waals surface area contributed by atoms with E-state index in [-0.39, 0.29) is 29.5 Å². The lowest BCUT2D eigenvalue weighted by molar-refractivity contribution is -0.385. The molecule has 0 aliphatic heterocycles. The summed E-state index contributed by atoms with van der Waals surface area (Å²) in [6, 6.07) is 4.36. The van der Waals surface area contributed by atoms with E-state index < -0.39 is 14.8 Å². The molecular formula is C12H18N2O5S. The number of nitrogens with zero attached hydrogens (tertiary/aromatic N) is 1. The molecule has 0 aliphatic rings. The van der Waals surface area contributed by atoms with E-state index >= 15 is 0 Å². The van der Waals surface area contributed by atoms with Gasteiger partial charge in [-0.3, -0.25) is 10.1 Å². The van der Waals surface area contributed by atoms with Gasteiger partial charge in [0.15, 0.2) is 15.6 Å². The third-order valence-electron chi connectivity index (χ3n) is 2.64. The molecule has 0 radical (unpaired) electrons. The van der Waals surface area contributed by atoms with Crippen LogP contribution in [0.2, 0.25) is 0 Å². The average molecular weight is 302 g/mol. The Morgan fingerprint density at radius 1 is 1.35 bits per heavy atom. The van der Waals surface area contributed by atoms with Crippen molar-refractivity contribution in [2.24, 2.45) is 0 Å². The fourth-order valence-electron chi connectivity index (χ4n) is 1.54. The molecule has 0 atom stereocenters. The second-order valence-electron chi connectivity index (χ2n) is 4.04. The Balaban J connectivity index is 2.77. The fraction of sp³-hybridized carbons (Fsp3) is 0.500. The van der Waals surface area contributed by atoms with E-state index in [4.69, 9.17) is 4.74 Å². The Morgan fingerprint density at radius 2 is 2.05 bits per heavy atom. The third-order valence-corrected chi connectivity index (χ3v) is 4.34. The van der Waals surface area contributed by atoms with Crippen LogP contribution in [0.1, 0.15) is 13.8 Å². The SMILES string of the molecule is CCOc1cc(NCCS(=O)(=O)CC)ccc1[N+](=O)[O-]. The topological polar surface area (TPSA) is 98.5 Å². The smallest absolute Gasteiger partial charge is 0.311 e. The molecule has 0 bridgehead atoms. The summed E-state index contributed by atoms with van der Waals surface area (Å²) in [6.07, 6.45) is 0. The molecule has 0 heterocycles. The summed E-state index contributed by atoms with van der Waals surface area (Å²) in [5.41, 5.74) is 0.476. The monoisotopic (exact) mass is 302 g/mol. The molecule has 0 spiro atoms. The van der Waals surface area contributed by atoms with Crippen molar-refractivity contribution in [3.05, 3.63) is 28.3 Å². The van der Waals surface area contributed by atoms with Crippen LogP contribution >= 0.6 is 0 Å². The lowest BCUT2D eigenvalue weighted by Crippen LogP contribution is -2.17. The Hall–Kier alpha value is -1.83. The Bertz CT molecular complexity index is 571. The Kier molecular flexibility index (Phi) is 5.75. The van der Waals surface area contributed by atoms with Crippen molar-refractivity contribution in [2.75, 3.05) is 30.0 Å². The number of benzene rings is 1. The highest BCUT2D eigenvalue weighted by molar-refractivity contribution is 7.91. The molecule has 0 fully saturated rings. The van der Waals surface area contributed by atoms with Gasteiger partial charge in [0.1, 0.15) is 0 Å². The molecule has 7 nitrogen and oxygen atoms in total. The lowest BCUT2D eigenvalue weighted by Gasteiger charge is -2.09. The number of ether oxygens (including phenoxy) is 1. The minimum atomic E-state index is -3.03. The highest BCUT2D eigenvalue weighted by Crippen LogP contribution is 2.29. The summed E-state index contributed by atoms with van der Waals surface area (Å²) in [4.78, 5) is 10.3. The predicted molar refractivity (Wildman–Crippen MR) is 77.1 cm³/mol. The van der Waals surface area contributed by atoms with Gasteiger partial charge in [-0.05, 0) is 13.0 Å². The maximum atomic E-state index is 11.3. The summed E-state index contributed by atoms with van der Waals surface area (Å²) in [6.45, 7) is 3.89. The molecule has 1 rings (SSSR count). The molecule has 0 saturated carbocycles. The summed E-state index contributed by atoms with van der Waals surface area (Å²) < 4.78 is 27.9. The van der Waals surface area contributed by atoms with Gasteiger partial charge in [-0.1, -0.05) is 6.92 Å². The molecule has 1 aromatic rings. The zero-order chi connectivity index (χ0) is 15.2. The first kappa shape index (κ1) is 16.2. The van der Waals surface area contributed by atoms with Gasteiger partial charge in [0, 0.05) is 30.1 Å². The molecule has 0 aromatic heterocycles. The zero-order valence-electron chi connectivity index (χ0n) is 11.5. The van der Waals surface area contributed by atoms with Crippen molar-refractivity contribution in [1.82, 2.24) is 0 Å². The van der Waals surface area contributed by atoms with Crippen molar-refractivity contribution < 1.29 is 18.1 Å². The van der Waals surface area contributed by atoms with E-state index in [1.54, 1.807) is 13.8 Å². The van der Waals surface area contributed by atoms with Crippen LogP contribution in [0, 0.1) is 10.1 Å². The molecule has 0 saturated heterocycles. The summed E-state index contributed by atoms with van der Waals surface area (Å²) >= 11 is 0. The summed E-state index contributed by atoms with van der Waals surface area (Å²) in [7, 11) is -3.03. The Morgan fingerprint density at radius 3 is 2.60 bits per heavy atom. The quantitative estimate of drug-likeness (QED) is 0.581. The first-order chi connectivity index (χ1) is 9.39. The maximum Gasteiger partial charge on any atom is 0.311 e. The van der Waals surface area contributed by atoms with E-state index in [0.717, 1.165) is 0 Å². The minimum absolute atomic E-state index is 0.0183. The standard InChI is InChI=1S/C12H18N2O5S/c1-3-19-12-9-10(5-6-11(12)14(15)16)13-7-8-20(17,18)4-2/h5-6,9,13H,3-4,7-8H2,1-2H3. The van der Waals surface area contributed by atoms with Crippen molar-refractivity contribution in [3.63, 3.8) is 0 Å². The largest absolute Gasteiger partial charge is 0.487 e. The number of sulfone groups is 1. The van der Waals surface area contributed by atoms with Crippen molar-refractivity contribution in [2.45, 2.75) is 13.8 Å². The van der Waals surface area contributed by atoms with E-state index in [1.807, 2.05) is 0 Å². The van der Waals surface area contributed by atoms with Crippen molar-refractivity contribution >= 4 is 21.2 Å². The van der Waals surface area contributed by atoms with Crippen LogP contribution in [0.4, 0.5) is 11.4 Å². The van der Waals surface area contributed by atoms with Gasteiger partial charge in [-0.25, -0.2) is 8.42 Å². The molecule has 0 unspecified atom stereocenters. The van der Waals surface area contributed by atoms with Crippen LogP contribution in [0.25, 0.3) is 0 Å². The minimum Gasteiger partial charge on any atom is -0.487 e. The van der Waals surface area contributed by atoms with Crippen LogP contribution in [0.5, 0.6) is 5.75 Å². The molecule has 0 amide bonds. The highest BCUT2D eigenvalue weighted by Gasteiger charge is 2.15. The summed E-state index contributed by atoms with van der Waals surface area (Å²) in [5.74, 6) is 0.282. The molecule has 20 heavy (non-hydrogen) atoms. The first-order valence-corrected chi connectivity index (χ1v) is 8.07. The van der Waals surface area contributed by atoms with E-state index in [9.17, 15) is 18.5 Å². The van der Waals surface area contributed by atoms with Gasteiger partial charge in [0.25, 0.3) is 0 Å². The fourth-order valence-corrected chi connectivity index (χ4v) is 2.24. The van der Waals surface area contributed by atoms with E-state index in [0.29, 0.717) is 12.3 Å². The van der Waals surface area contributed by atoms with Crippen LogP contribution in [0.3, 0.4) is 0 Å². The Labute approximate surface area is 118 Å². The normalized spacial score (nSPS) is 11.1. The zero-order valence-corrected chi connectivity index (χ0v) is 12.3. The number of hydrogen-bond donors (Lipinski definition) is 1. The van der Waals surface area contributed by atoms with Crippen LogP contribution in [-0.2, 0) is 9.84 Å². The first-order valence-electron chi connectivity index (χ1n) is 6.25. The van der Waals surface area contributed by atoms with Crippen LogP contribution in [-0.4, -0.2) is 38.0 Å². The molecule has 112 valence electrons. The molecule has 1 aromatic carbocycles. The second kappa shape index (κ2) is 7.09. The van der Waals surface area contributed by atoms with E-state index in [2.05, 4.69) is 5.32 Å². The van der Waals surface area contributed by atoms with Gasteiger partial charge in [-0.15, -0.1) is 0 Å². The third kappa shape index (κ3) is 4.69. The molecular weight excluding hydrogens is 284 g/mol. The number of nitro benzene ring substituents is 1. The van der Waals surface area contributed by atoms with Crippen LogP contribution < -0.4 is 10.1 Å². The average Bonchev–Trinajstić information content (AvgIpc) is 2.39. The van der Waals surface area contributed by atoms with Gasteiger partial charge in [-0.2, -0.15) is 0 Å². The molecule has 0 aliphatic carbocycles. The second-order valence-corrected chi connectivity index (χ2v) is 6.51. The number of nitrogens with one attached hydrogen (secondary N) is 1. The summed E-state index contributed by atoms with van der Waals surface area (Å²) in [5, 5.41) is 13.7. The maximum absolute atomic E-state index is 11.3. The lowest BCUT2D eigenvalue weighted by atomic mass is 10.2. The van der Waals surface area contributed by atoms with E-state index in [1.165, 1.54) is 18.2 Å². The number of anilines is 1. The van der Waals surface area contributed by atoms with Crippen molar-refractivity contribution in [3.8, 4) is 5.75 Å². The van der Waals surface area contributed by atoms with Crippen molar-refractivity contribution in [1.29, 1.82) is 0 Å². The van der Waals surface area contributed by atoms with Gasteiger partial charge in [0.05, 0.1) is 17.3 Å². The number of rotatable bonds is 8. The van der Waals surface area contributed by atoms with Gasteiger partial charge < -0.3 is 10.1 Å². The molecule has 8 heteroatoms. The number of hydrogen-bond acceptors (Lipinski definition) is 6. The van der Waals surface area contributed by atoms with Gasteiger partial charge >= 0.3 is 5.69 Å². The molecule has 1 N–H and O–H groups in total. The predicted octanol–water partition coefficient (Wildman–Crippen LogP) is 1.84. The number of nitro groups is 1. The van der Waals surface area contributed by atoms with Gasteiger partial charge in [0.2, 0.25) is 0 Å².